The van der Waals surface area contributed by atoms with E-state index in [9.17, 15) is 22.4 Å². The molecule has 40 heavy (non-hydrogen) atoms. The molecule has 8 nitrogen and oxygen atoms in total. The highest BCUT2D eigenvalue weighted by Gasteiger charge is 2.44. The lowest BCUT2D eigenvalue weighted by Crippen LogP contribution is -2.50. The third-order valence-electron chi connectivity index (χ3n) is 8.34. The summed E-state index contributed by atoms with van der Waals surface area (Å²) in [6.07, 6.45) is -2.78. The van der Waals surface area contributed by atoms with Gasteiger partial charge in [-0.25, -0.2) is 14.4 Å². The first-order valence-corrected chi connectivity index (χ1v) is 13.6. The Bertz CT molecular complexity index is 1440. The molecule has 2 atom stereocenters. The van der Waals surface area contributed by atoms with Crippen LogP contribution >= 0.6 is 0 Å². The molecule has 2 fully saturated rings. The van der Waals surface area contributed by atoms with Gasteiger partial charge in [0.25, 0.3) is 0 Å². The first-order valence-electron chi connectivity index (χ1n) is 13.6. The molecule has 1 amide bonds. The predicted molar refractivity (Wildman–Crippen MR) is 138 cm³/mol. The zero-order chi connectivity index (χ0) is 28.2. The van der Waals surface area contributed by atoms with Crippen LogP contribution in [0.15, 0.2) is 24.3 Å². The van der Waals surface area contributed by atoms with Crippen LogP contribution in [0.5, 0.6) is 0 Å². The molecule has 1 N–H and O–H groups in total. The number of carbonyl (C=O) groups excluding carboxylic acids is 1. The molecule has 6 rings (SSSR count). The summed E-state index contributed by atoms with van der Waals surface area (Å²) in [5.41, 5.74) is -0.373. The van der Waals surface area contributed by atoms with Crippen molar-refractivity contribution in [3.05, 3.63) is 52.7 Å². The van der Waals surface area contributed by atoms with Gasteiger partial charge in [0.2, 0.25) is 5.91 Å². The summed E-state index contributed by atoms with van der Waals surface area (Å²) in [5, 5.41) is 3.82. The molecular weight excluding hydrogens is 530 g/mol. The van der Waals surface area contributed by atoms with Crippen LogP contribution in [0.2, 0.25) is 0 Å². The number of ether oxygens (including phenoxy) is 2. The van der Waals surface area contributed by atoms with E-state index >= 15 is 0 Å². The van der Waals surface area contributed by atoms with Gasteiger partial charge in [-0.2, -0.15) is 13.2 Å². The monoisotopic (exact) mass is 561 g/mol. The first-order chi connectivity index (χ1) is 19.1. The van der Waals surface area contributed by atoms with Gasteiger partial charge in [-0.1, -0.05) is 12.1 Å². The van der Waals surface area contributed by atoms with Crippen molar-refractivity contribution in [1.82, 2.24) is 19.4 Å². The third-order valence-corrected chi connectivity index (χ3v) is 8.34. The minimum absolute atomic E-state index is 0.0803. The largest absolute Gasteiger partial charge is 0.419 e. The molecule has 1 aromatic carbocycles. The number of anilines is 1. The van der Waals surface area contributed by atoms with Crippen molar-refractivity contribution >= 4 is 22.8 Å². The number of amides is 1. The van der Waals surface area contributed by atoms with Gasteiger partial charge >= 0.3 is 6.18 Å². The molecule has 0 radical (unpaired) electrons. The number of hydrogen-bond acceptors (Lipinski definition) is 6. The Morgan fingerprint density at radius 2 is 1.95 bits per heavy atom. The van der Waals surface area contributed by atoms with Gasteiger partial charge in [-0.3, -0.25) is 4.79 Å². The molecule has 3 aromatic rings. The van der Waals surface area contributed by atoms with Crippen molar-refractivity contribution in [3.63, 3.8) is 0 Å². The summed E-state index contributed by atoms with van der Waals surface area (Å²) in [6, 6.07) is 4.45. The van der Waals surface area contributed by atoms with E-state index < -0.39 is 29.2 Å². The fourth-order valence-electron chi connectivity index (χ4n) is 6.22. The number of halogens is 4. The molecule has 1 spiro atoms. The number of benzene rings is 1. The maximum atomic E-state index is 14.9. The molecule has 0 bridgehead atoms. The minimum Gasteiger partial charge on any atom is -0.381 e. The third kappa shape index (κ3) is 4.60. The van der Waals surface area contributed by atoms with Crippen LogP contribution in [0.3, 0.4) is 0 Å². The molecule has 0 saturated carbocycles. The summed E-state index contributed by atoms with van der Waals surface area (Å²) in [6.45, 7) is 6.64. The Kier molecular flexibility index (Phi) is 6.73. The van der Waals surface area contributed by atoms with Crippen LogP contribution < -0.4 is 5.32 Å². The van der Waals surface area contributed by atoms with Gasteiger partial charge in [-0.05, 0) is 45.2 Å². The number of fused-ring (bicyclic) bond motifs is 4. The van der Waals surface area contributed by atoms with Crippen LogP contribution in [-0.4, -0.2) is 58.3 Å². The number of aromatic nitrogens is 3. The average Bonchev–Trinajstić information content (AvgIpc) is 3.58. The van der Waals surface area contributed by atoms with Crippen molar-refractivity contribution in [1.29, 1.82) is 0 Å². The number of nitrogens with zero attached hydrogens (tertiary/aromatic N) is 4. The number of carbonyl (C=O) groups is 1. The first kappa shape index (κ1) is 26.9. The molecular formula is C28H31F4N5O3. The molecule has 0 aliphatic carbocycles. The molecule has 1 unspecified atom stereocenters. The van der Waals surface area contributed by atoms with Gasteiger partial charge in [0.1, 0.15) is 28.7 Å². The van der Waals surface area contributed by atoms with E-state index in [2.05, 4.69) is 19.9 Å². The molecule has 5 heterocycles. The standard InChI is InChI=1S/C28H31F4N5O3/c1-16(19-4-3-5-21(23(19)29)28(30,31)32)33-24-20-14-22-27(40-13-11-37(22)25(20)35-17(2)34-24)7-9-36(10-8-27)26(38)18-6-12-39-15-18/h3-5,14,16,18H,6-13,15H2,1-2H3,(H,33,34,35)/t16-,18?/m1/s1. The summed E-state index contributed by atoms with van der Waals surface area (Å²) in [4.78, 5) is 24.1. The average molecular weight is 562 g/mol. The van der Waals surface area contributed by atoms with Gasteiger partial charge in [0.05, 0.1) is 41.8 Å². The van der Waals surface area contributed by atoms with Crippen molar-refractivity contribution in [2.24, 2.45) is 5.92 Å². The van der Waals surface area contributed by atoms with Crippen LogP contribution in [0.25, 0.3) is 11.0 Å². The quantitative estimate of drug-likeness (QED) is 0.454. The van der Waals surface area contributed by atoms with Crippen LogP contribution in [0, 0.1) is 18.7 Å². The summed E-state index contributed by atoms with van der Waals surface area (Å²) >= 11 is 0. The summed E-state index contributed by atoms with van der Waals surface area (Å²) < 4.78 is 68.7. The van der Waals surface area contributed by atoms with E-state index in [-0.39, 0.29) is 17.4 Å². The lowest BCUT2D eigenvalue weighted by atomic mass is 9.86. The van der Waals surface area contributed by atoms with Crippen LogP contribution in [-0.2, 0) is 32.6 Å². The lowest BCUT2D eigenvalue weighted by Gasteiger charge is -2.44. The molecule has 2 saturated heterocycles. The number of likely N-dealkylation sites (tertiary alicyclic amines) is 1. The summed E-state index contributed by atoms with van der Waals surface area (Å²) in [5.74, 6) is -0.355. The topological polar surface area (TPSA) is 81.5 Å². The Balaban J connectivity index is 1.30. The Hall–Kier alpha value is -3.25. The number of nitrogens with one attached hydrogen (secondary N) is 1. The van der Waals surface area contributed by atoms with Crippen molar-refractivity contribution in [2.75, 3.05) is 38.2 Å². The number of alkyl halides is 3. The van der Waals surface area contributed by atoms with E-state index in [0.717, 1.165) is 18.2 Å². The van der Waals surface area contributed by atoms with Crippen molar-refractivity contribution < 1.29 is 31.8 Å². The molecule has 12 heteroatoms. The Labute approximate surface area is 228 Å². The summed E-state index contributed by atoms with van der Waals surface area (Å²) in [7, 11) is 0. The van der Waals surface area contributed by atoms with Gasteiger partial charge in [0.15, 0.2) is 0 Å². The second-order valence-corrected chi connectivity index (χ2v) is 10.8. The van der Waals surface area contributed by atoms with Crippen LogP contribution in [0.4, 0.5) is 23.4 Å². The highest BCUT2D eigenvalue weighted by atomic mass is 19.4. The zero-order valence-corrected chi connectivity index (χ0v) is 22.4. The fraction of sp³-hybridized carbons (Fsp3) is 0.536. The molecule has 2 aromatic heterocycles. The SMILES string of the molecule is Cc1nc(N[C@H](C)c2cccc(C(F)(F)F)c2F)c2cc3n(c2n1)CCOC31CCN(C(=O)C2CCOC2)CC1. The van der Waals surface area contributed by atoms with E-state index in [1.54, 1.807) is 13.8 Å². The van der Waals surface area contributed by atoms with Crippen molar-refractivity contribution in [2.45, 2.75) is 57.5 Å². The maximum absolute atomic E-state index is 14.9. The fourth-order valence-corrected chi connectivity index (χ4v) is 6.22. The number of piperidine rings is 1. The van der Waals surface area contributed by atoms with E-state index in [4.69, 9.17) is 9.47 Å². The molecule has 3 aliphatic heterocycles. The second-order valence-electron chi connectivity index (χ2n) is 10.8. The number of hydrogen-bond donors (Lipinski definition) is 1. The van der Waals surface area contributed by atoms with Gasteiger partial charge < -0.3 is 24.3 Å². The van der Waals surface area contributed by atoms with E-state index in [0.29, 0.717) is 75.0 Å². The molecule has 214 valence electrons. The second kappa shape index (κ2) is 9.99. The maximum Gasteiger partial charge on any atom is 0.419 e. The lowest BCUT2D eigenvalue weighted by molar-refractivity contribution is -0.147. The predicted octanol–water partition coefficient (Wildman–Crippen LogP) is 4.96. The van der Waals surface area contributed by atoms with Crippen molar-refractivity contribution in [3.8, 4) is 0 Å². The van der Waals surface area contributed by atoms with E-state index in [1.165, 1.54) is 12.1 Å². The van der Waals surface area contributed by atoms with E-state index in [1.807, 2.05) is 11.0 Å². The smallest absolute Gasteiger partial charge is 0.381 e. The molecule has 3 aliphatic rings. The number of rotatable bonds is 4. The minimum atomic E-state index is -4.79. The van der Waals surface area contributed by atoms with Gasteiger partial charge in [-0.15, -0.1) is 0 Å². The van der Waals surface area contributed by atoms with Crippen LogP contribution in [0.1, 0.15) is 54.9 Å². The Morgan fingerprint density at radius 1 is 1.18 bits per heavy atom. The zero-order valence-electron chi connectivity index (χ0n) is 22.4. The number of aryl methyl sites for hydroxylation is 1. The Morgan fingerprint density at radius 3 is 2.65 bits per heavy atom. The highest BCUT2D eigenvalue weighted by molar-refractivity contribution is 5.89. The normalized spacial score (nSPS) is 21.6. The highest BCUT2D eigenvalue weighted by Crippen LogP contribution is 2.43. The van der Waals surface area contributed by atoms with Gasteiger partial charge in [0, 0.05) is 31.8 Å².